The molecule has 0 unspecified atom stereocenters. The zero-order valence-corrected chi connectivity index (χ0v) is 8.83. The van der Waals surface area contributed by atoms with Crippen LogP contribution in [0.15, 0.2) is 47.1 Å². The van der Waals surface area contributed by atoms with Crippen molar-refractivity contribution >= 4 is 15.9 Å². The van der Waals surface area contributed by atoms with Crippen molar-refractivity contribution in [2.75, 3.05) is 0 Å². The monoisotopic (exact) mass is 251 g/mol. The van der Waals surface area contributed by atoms with Crippen LogP contribution in [0.1, 0.15) is 0 Å². The van der Waals surface area contributed by atoms with Crippen LogP contribution in [-0.2, 0) is 0 Å². The van der Waals surface area contributed by atoms with Gasteiger partial charge in [0, 0.05) is 11.8 Å². The van der Waals surface area contributed by atoms with Gasteiger partial charge in [-0.15, -0.1) is 0 Å². The van der Waals surface area contributed by atoms with Gasteiger partial charge < -0.3 is 0 Å². The van der Waals surface area contributed by atoms with Crippen molar-refractivity contribution in [1.82, 2.24) is 4.98 Å². The highest BCUT2D eigenvalue weighted by atomic mass is 79.9. The van der Waals surface area contributed by atoms with E-state index in [9.17, 15) is 4.39 Å². The Morgan fingerprint density at radius 1 is 1.07 bits per heavy atom. The van der Waals surface area contributed by atoms with E-state index in [4.69, 9.17) is 0 Å². The Labute approximate surface area is 89.7 Å². The quantitative estimate of drug-likeness (QED) is 0.706. The lowest BCUT2D eigenvalue weighted by atomic mass is 10.1. The number of rotatable bonds is 1. The topological polar surface area (TPSA) is 12.9 Å². The average molecular weight is 252 g/mol. The van der Waals surface area contributed by atoms with Gasteiger partial charge in [0.05, 0.1) is 4.47 Å². The van der Waals surface area contributed by atoms with Gasteiger partial charge >= 0.3 is 0 Å². The number of hydrogen-bond donors (Lipinski definition) is 0. The number of nitrogens with zero attached hydrogens (tertiary/aromatic N) is 1. The smallest absolute Gasteiger partial charge is 0.227 e. The molecule has 70 valence electrons. The Balaban J connectivity index is 2.58. The van der Waals surface area contributed by atoms with E-state index in [1.54, 1.807) is 6.07 Å². The molecule has 3 heteroatoms. The normalized spacial score (nSPS) is 10.1. The SMILES string of the molecule is Fc1nccc(-c2ccccc2)c1Br. The summed E-state index contributed by atoms with van der Waals surface area (Å²) in [5.41, 5.74) is 1.79. The third-order valence-electron chi connectivity index (χ3n) is 1.93. The Morgan fingerprint density at radius 3 is 2.50 bits per heavy atom. The largest absolute Gasteiger partial charge is 0.227 e. The first kappa shape index (κ1) is 9.34. The first-order valence-corrected chi connectivity index (χ1v) is 4.94. The summed E-state index contributed by atoms with van der Waals surface area (Å²) in [7, 11) is 0. The molecule has 1 nitrogen and oxygen atoms in total. The zero-order valence-electron chi connectivity index (χ0n) is 7.24. The van der Waals surface area contributed by atoms with Crippen molar-refractivity contribution in [2.45, 2.75) is 0 Å². The van der Waals surface area contributed by atoms with Crippen LogP contribution in [0.25, 0.3) is 11.1 Å². The van der Waals surface area contributed by atoms with Gasteiger partial charge in [0.2, 0.25) is 5.95 Å². The van der Waals surface area contributed by atoms with Crippen LogP contribution < -0.4 is 0 Å². The molecule has 0 saturated carbocycles. The summed E-state index contributed by atoms with van der Waals surface area (Å²) in [4.78, 5) is 3.55. The number of benzene rings is 1. The summed E-state index contributed by atoms with van der Waals surface area (Å²) in [5.74, 6) is -0.480. The lowest BCUT2D eigenvalue weighted by molar-refractivity contribution is 0.577. The number of aromatic nitrogens is 1. The van der Waals surface area contributed by atoms with Crippen LogP contribution in [0, 0.1) is 5.95 Å². The lowest BCUT2D eigenvalue weighted by Crippen LogP contribution is -1.87. The standard InChI is InChI=1S/C11H7BrFN/c12-10-9(6-7-14-11(10)13)8-4-2-1-3-5-8/h1-7H. The molecule has 0 bridgehead atoms. The molecular weight excluding hydrogens is 245 g/mol. The minimum atomic E-state index is -0.480. The summed E-state index contributed by atoms with van der Waals surface area (Å²) in [6.45, 7) is 0. The number of pyridine rings is 1. The van der Waals surface area contributed by atoms with Gasteiger partial charge in [-0.25, -0.2) is 4.98 Å². The third-order valence-corrected chi connectivity index (χ3v) is 2.69. The Bertz CT molecular complexity index is 442. The van der Waals surface area contributed by atoms with Crippen molar-refractivity contribution in [2.24, 2.45) is 0 Å². The highest BCUT2D eigenvalue weighted by Gasteiger charge is 2.07. The van der Waals surface area contributed by atoms with E-state index in [-0.39, 0.29) is 0 Å². The second-order valence-electron chi connectivity index (χ2n) is 2.83. The minimum absolute atomic E-state index is 0.409. The first-order chi connectivity index (χ1) is 6.79. The molecular formula is C11H7BrFN. The summed E-state index contributed by atoms with van der Waals surface area (Å²) in [6, 6.07) is 11.4. The number of hydrogen-bond acceptors (Lipinski definition) is 1. The predicted octanol–water partition coefficient (Wildman–Crippen LogP) is 3.65. The highest BCUT2D eigenvalue weighted by Crippen LogP contribution is 2.28. The molecule has 0 fully saturated rings. The van der Waals surface area contributed by atoms with Crippen LogP contribution in [0.3, 0.4) is 0 Å². The van der Waals surface area contributed by atoms with E-state index >= 15 is 0 Å². The fourth-order valence-electron chi connectivity index (χ4n) is 1.26. The van der Waals surface area contributed by atoms with Crippen molar-refractivity contribution in [1.29, 1.82) is 0 Å². The summed E-state index contributed by atoms with van der Waals surface area (Å²) in [6.07, 6.45) is 1.46. The van der Waals surface area contributed by atoms with Crippen molar-refractivity contribution in [3.05, 3.63) is 53.0 Å². The maximum absolute atomic E-state index is 13.1. The average Bonchev–Trinajstić information content (AvgIpc) is 2.23. The molecule has 0 spiro atoms. The molecule has 0 N–H and O–H groups in total. The second kappa shape index (κ2) is 3.88. The van der Waals surface area contributed by atoms with Crippen molar-refractivity contribution < 1.29 is 4.39 Å². The minimum Gasteiger partial charge on any atom is -0.227 e. The maximum atomic E-state index is 13.1. The van der Waals surface area contributed by atoms with Crippen LogP contribution >= 0.6 is 15.9 Å². The molecule has 1 aromatic heterocycles. The zero-order chi connectivity index (χ0) is 9.97. The molecule has 0 amide bonds. The van der Waals surface area contributed by atoms with Gasteiger partial charge in [0.25, 0.3) is 0 Å². The molecule has 1 aromatic carbocycles. The molecule has 0 atom stereocenters. The third kappa shape index (κ3) is 1.68. The van der Waals surface area contributed by atoms with Gasteiger partial charge in [-0.2, -0.15) is 4.39 Å². The van der Waals surface area contributed by atoms with Crippen LogP contribution in [-0.4, -0.2) is 4.98 Å². The maximum Gasteiger partial charge on any atom is 0.227 e. The van der Waals surface area contributed by atoms with Crippen LogP contribution in [0.2, 0.25) is 0 Å². The molecule has 0 aliphatic rings. The van der Waals surface area contributed by atoms with E-state index in [0.29, 0.717) is 4.47 Å². The van der Waals surface area contributed by atoms with Gasteiger partial charge in [0.1, 0.15) is 0 Å². The molecule has 14 heavy (non-hydrogen) atoms. The van der Waals surface area contributed by atoms with E-state index in [0.717, 1.165) is 11.1 Å². The van der Waals surface area contributed by atoms with Gasteiger partial charge in [-0.05, 0) is 27.6 Å². The van der Waals surface area contributed by atoms with E-state index in [1.165, 1.54) is 6.20 Å². The first-order valence-electron chi connectivity index (χ1n) is 4.14. The van der Waals surface area contributed by atoms with E-state index in [2.05, 4.69) is 20.9 Å². The van der Waals surface area contributed by atoms with Crippen LogP contribution in [0.5, 0.6) is 0 Å². The van der Waals surface area contributed by atoms with Gasteiger partial charge in [-0.1, -0.05) is 30.3 Å². The van der Waals surface area contributed by atoms with Gasteiger partial charge in [-0.3, -0.25) is 0 Å². The Hall–Kier alpha value is -1.22. The highest BCUT2D eigenvalue weighted by molar-refractivity contribution is 9.10. The van der Waals surface area contributed by atoms with Gasteiger partial charge in [0.15, 0.2) is 0 Å². The molecule has 2 aromatic rings. The Morgan fingerprint density at radius 2 is 1.79 bits per heavy atom. The second-order valence-corrected chi connectivity index (χ2v) is 3.62. The fraction of sp³-hybridized carbons (Fsp3) is 0. The Kier molecular flexibility index (Phi) is 2.59. The molecule has 0 aliphatic heterocycles. The fourth-order valence-corrected chi connectivity index (χ4v) is 1.72. The van der Waals surface area contributed by atoms with Crippen LogP contribution in [0.4, 0.5) is 4.39 Å². The summed E-state index contributed by atoms with van der Waals surface area (Å²) >= 11 is 3.18. The molecule has 2 rings (SSSR count). The number of halogens is 2. The molecule has 0 aliphatic carbocycles. The lowest BCUT2D eigenvalue weighted by Gasteiger charge is -2.03. The van der Waals surface area contributed by atoms with E-state index in [1.807, 2.05) is 30.3 Å². The molecule has 0 saturated heterocycles. The van der Waals surface area contributed by atoms with Crippen molar-refractivity contribution in [3.63, 3.8) is 0 Å². The van der Waals surface area contributed by atoms with E-state index < -0.39 is 5.95 Å². The molecule has 0 radical (unpaired) electrons. The summed E-state index contributed by atoms with van der Waals surface area (Å²) < 4.78 is 13.5. The molecule has 1 heterocycles. The summed E-state index contributed by atoms with van der Waals surface area (Å²) in [5, 5.41) is 0. The predicted molar refractivity (Wildman–Crippen MR) is 57.3 cm³/mol. The van der Waals surface area contributed by atoms with Crippen molar-refractivity contribution in [3.8, 4) is 11.1 Å².